The molecule has 0 aromatic heterocycles. The Hall–Kier alpha value is -2.65. The maximum Gasteiger partial charge on any atom is 0.180 e. The number of rotatable bonds is 4. The summed E-state index contributed by atoms with van der Waals surface area (Å²) in [5.41, 5.74) is 15.4. The van der Waals surface area contributed by atoms with Gasteiger partial charge in [-0.25, -0.2) is 0 Å². The molecule has 4 N–H and O–H groups in total. The van der Waals surface area contributed by atoms with E-state index in [-0.39, 0.29) is 11.7 Å². The normalized spacial score (nSPS) is 13.6. The molecule has 0 aliphatic heterocycles. The van der Waals surface area contributed by atoms with Crippen molar-refractivity contribution in [1.29, 1.82) is 0 Å². The van der Waals surface area contributed by atoms with Crippen molar-refractivity contribution >= 4 is 22.2 Å². The Morgan fingerprint density at radius 2 is 1.71 bits per heavy atom. The van der Waals surface area contributed by atoms with Gasteiger partial charge in [-0.15, -0.1) is 0 Å². The summed E-state index contributed by atoms with van der Waals surface area (Å²) >= 11 is 0. The summed E-state index contributed by atoms with van der Waals surface area (Å²) in [5, 5.41) is 2.29. The number of benzene rings is 3. The number of Topliss-reactive ketones (excluding diaryl/α,β-unsaturated/α-hetero) is 1. The number of nitrogen functional groups attached to an aromatic ring is 1. The Bertz CT molecular complexity index is 896. The van der Waals surface area contributed by atoms with Crippen molar-refractivity contribution in [3.63, 3.8) is 0 Å². The van der Waals surface area contributed by atoms with E-state index in [1.165, 1.54) is 0 Å². The summed E-state index contributed by atoms with van der Waals surface area (Å²) in [5.74, 6) is -0.162. The predicted octanol–water partition coefficient (Wildman–Crippen LogP) is 4.04. The summed E-state index contributed by atoms with van der Waals surface area (Å²) in [6, 6.07) is 19.1. The number of hydrogen-bond acceptors (Lipinski definition) is 3. The molecule has 122 valence electrons. The number of fused-ring (bicyclic) bond motifs is 1. The molecule has 0 bridgehead atoms. The quantitative estimate of drug-likeness (QED) is 0.563. The molecule has 3 heteroatoms. The Morgan fingerprint density at radius 1 is 1.00 bits per heavy atom. The average Bonchev–Trinajstić information content (AvgIpc) is 2.61. The van der Waals surface area contributed by atoms with Gasteiger partial charge in [-0.1, -0.05) is 55.5 Å². The van der Waals surface area contributed by atoms with Gasteiger partial charge in [-0.2, -0.15) is 0 Å². The lowest BCUT2D eigenvalue weighted by atomic mass is 9.85. The van der Waals surface area contributed by atoms with Gasteiger partial charge in [0.25, 0.3) is 0 Å². The minimum absolute atomic E-state index is 0.0692. The Morgan fingerprint density at radius 3 is 2.50 bits per heavy atom. The maximum absolute atomic E-state index is 12.9. The lowest BCUT2D eigenvalue weighted by Gasteiger charge is -2.22. The highest BCUT2D eigenvalue weighted by atomic mass is 16.1. The molecule has 24 heavy (non-hydrogen) atoms. The molecule has 3 rings (SSSR count). The summed E-state index contributed by atoms with van der Waals surface area (Å²) < 4.78 is 0. The third kappa shape index (κ3) is 2.91. The molecule has 0 aliphatic rings. The second-order valence-corrected chi connectivity index (χ2v) is 6.32. The molecule has 0 aliphatic carbocycles. The van der Waals surface area contributed by atoms with Gasteiger partial charge in [0.1, 0.15) is 0 Å². The highest BCUT2D eigenvalue weighted by Crippen LogP contribution is 2.29. The smallest absolute Gasteiger partial charge is 0.180 e. The van der Waals surface area contributed by atoms with Crippen LogP contribution in [0.3, 0.4) is 0 Å². The SMILES string of the molecule is Cc1ccc(N)cc1C(=O)C(N)[C@H](C)c1cccc2ccccc12. The molecule has 0 heterocycles. The van der Waals surface area contributed by atoms with E-state index in [9.17, 15) is 4.79 Å². The Kier molecular flexibility index (Phi) is 4.36. The molecule has 0 saturated carbocycles. The Labute approximate surface area is 142 Å². The van der Waals surface area contributed by atoms with Gasteiger partial charge in [0, 0.05) is 17.2 Å². The molecule has 0 radical (unpaired) electrons. The van der Waals surface area contributed by atoms with Crippen LogP contribution in [0.5, 0.6) is 0 Å². The number of carbonyl (C=O) groups is 1. The summed E-state index contributed by atoms with van der Waals surface area (Å²) in [4.78, 5) is 12.9. The van der Waals surface area contributed by atoms with Crippen LogP contribution in [0.1, 0.15) is 34.3 Å². The van der Waals surface area contributed by atoms with Gasteiger partial charge < -0.3 is 11.5 Å². The van der Waals surface area contributed by atoms with Crippen LogP contribution in [-0.2, 0) is 0 Å². The van der Waals surface area contributed by atoms with Crippen molar-refractivity contribution < 1.29 is 4.79 Å². The molecule has 3 aromatic carbocycles. The van der Waals surface area contributed by atoms with Gasteiger partial charge in [0.2, 0.25) is 0 Å². The second-order valence-electron chi connectivity index (χ2n) is 6.32. The molecular weight excluding hydrogens is 296 g/mol. The minimum atomic E-state index is -0.615. The molecule has 2 atom stereocenters. The number of aryl methyl sites for hydroxylation is 1. The average molecular weight is 318 g/mol. The number of ketones is 1. The van der Waals surface area contributed by atoms with Gasteiger partial charge in [0.15, 0.2) is 5.78 Å². The first kappa shape index (κ1) is 16.2. The molecule has 3 aromatic rings. The first-order valence-corrected chi connectivity index (χ1v) is 8.12. The fraction of sp³-hybridized carbons (Fsp3) is 0.190. The van der Waals surface area contributed by atoms with E-state index < -0.39 is 6.04 Å². The first-order chi connectivity index (χ1) is 11.5. The molecule has 1 unspecified atom stereocenters. The molecule has 0 spiro atoms. The van der Waals surface area contributed by atoms with Crippen LogP contribution in [-0.4, -0.2) is 11.8 Å². The van der Waals surface area contributed by atoms with Crippen molar-refractivity contribution in [3.8, 4) is 0 Å². The maximum atomic E-state index is 12.9. The van der Waals surface area contributed by atoms with E-state index in [0.29, 0.717) is 11.3 Å². The van der Waals surface area contributed by atoms with Gasteiger partial charge in [-0.3, -0.25) is 4.79 Å². The molecule has 0 saturated heterocycles. The van der Waals surface area contributed by atoms with Gasteiger partial charge in [0.05, 0.1) is 6.04 Å². The zero-order valence-electron chi connectivity index (χ0n) is 14.0. The van der Waals surface area contributed by atoms with E-state index in [2.05, 4.69) is 18.2 Å². The molecule has 0 fully saturated rings. The van der Waals surface area contributed by atoms with Crippen LogP contribution >= 0.6 is 0 Å². The number of nitrogens with two attached hydrogens (primary N) is 2. The minimum Gasteiger partial charge on any atom is -0.399 e. The van der Waals surface area contributed by atoms with Crippen LogP contribution in [0, 0.1) is 6.92 Å². The summed E-state index contributed by atoms with van der Waals surface area (Å²) in [7, 11) is 0. The Balaban J connectivity index is 1.98. The van der Waals surface area contributed by atoms with E-state index in [1.54, 1.807) is 12.1 Å². The lowest BCUT2D eigenvalue weighted by Crippen LogP contribution is -2.36. The zero-order valence-corrected chi connectivity index (χ0v) is 14.0. The highest BCUT2D eigenvalue weighted by molar-refractivity contribution is 6.02. The number of anilines is 1. The second kappa shape index (κ2) is 6.46. The van der Waals surface area contributed by atoms with Crippen LogP contribution < -0.4 is 11.5 Å². The van der Waals surface area contributed by atoms with Crippen molar-refractivity contribution in [2.24, 2.45) is 5.73 Å². The third-order valence-electron chi connectivity index (χ3n) is 4.68. The van der Waals surface area contributed by atoms with Crippen LogP contribution in [0.15, 0.2) is 60.7 Å². The third-order valence-corrected chi connectivity index (χ3v) is 4.68. The van der Waals surface area contributed by atoms with Crippen molar-refractivity contribution in [2.45, 2.75) is 25.8 Å². The van der Waals surface area contributed by atoms with Gasteiger partial charge >= 0.3 is 0 Å². The van der Waals surface area contributed by atoms with Crippen LogP contribution in [0.4, 0.5) is 5.69 Å². The number of hydrogen-bond donors (Lipinski definition) is 2. The standard InChI is InChI=1S/C21H22N2O/c1-13-10-11-16(22)12-19(13)21(24)20(23)14(2)17-9-5-7-15-6-3-4-8-18(15)17/h3-12,14,20H,22-23H2,1-2H3/t14-,20?/m1/s1. The lowest BCUT2D eigenvalue weighted by molar-refractivity contribution is 0.0951. The number of carbonyl (C=O) groups excluding carboxylic acids is 1. The van der Waals surface area contributed by atoms with Crippen LogP contribution in [0.2, 0.25) is 0 Å². The first-order valence-electron chi connectivity index (χ1n) is 8.12. The molecule has 3 nitrogen and oxygen atoms in total. The largest absolute Gasteiger partial charge is 0.399 e. The van der Waals surface area contributed by atoms with E-state index in [0.717, 1.165) is 21.9 Å². The van der Waals surface area contributed by atoms with E-state index in [1.807, 2.05) is 44.2 Å². The van der Waals surface area contributed by atoms with Crippen molar-refractivity contribution in [3.05, 3.63) is 77.4 Å². The monoisotopic (exact) mass is 318 g/mol. The van der Waals surface area contributed by atoms with Crippen molar-refractivity contribution in [2.75, 3.05) is 5.73 Å². The summed E-state index contributed by atoms with van der Waals surface area (Å²) in [6.07, 6.45) is 0. The highest BCUT2D eigenvalue weighted by Gasteiger charge is 2.25. The van der Waals surface area contributed by atoms with Gasteiger partial charge in [-0.05, 0) is 41.0 Å². The van der Waals surface area contributed by atoms with Crippen molar-refractivity contribution in [1.82, 2.24) is 0 Å². The van der Waals surface area contributed by atoms with E-state index >= 15 is 0 Å². The predicted molar refractivity (Wildman–Crippen MR) is 100 cm³/mol. The fourth-order valence-electron chi connectivity index (χ4n) is 3.15. The zero-order chi connectivity index (χ0) is 17.3. The fourth-order valence-corrected chi connectivity index (χ4v) is 3.15. The van der Waals surface area contributed by atoms with Crippen LogP contribution in [0.25, 0.3) is 10.8 Å². The summed E-state index contributed by atoms with van der Waals surface area (Å²) in [6.45, 7) is 3.91. The van der Waals surface area contributed by atoms with E-state index in [4.69, 9.17) is 11.5 Å². The molecule has 0 amide bonds. The topological polar surface area (TPSA) is 69.1 Å². The molecular formula is C21H22N2O.